The van der Waals surface area contributed by atoms with Crippen molar-refractivity contribution in [2.45, 2.75) is 13.0 Å². The van der Waals surface area contributed by atoms with E-state index >= 15 is 0 Å². The number of hydrogen-bond donors (Lipinski definition) is 0. The number of carbonyl (C=O) groups is 2. The number of ketones is 1. The van der Waals surface area contributed by atoms with Gasteiger partial charge in [-0.25, -0.2) is 4.79 Å². The molecule has 4 rings (SSSR count). The van der Waals surface area contributed by atoms with E-state index < -0.39 is 12.1 Å². The molecular weight excluding hydrogens is 432 g/mol. The van der Waals surface area contributed by atoms with Crippen molar-refractivity contribution >= 4 is 17.8 Å². The lowest BCUT2D eigenvalue weighted by Gasteiger charge is -2.18. The summed E-state index contributed by atoms with van der Waals surface area (Å²) in [5.41, 5.74) is 1.98. The highest BCUT2D eigenvalue weighted by molar-refractivity contribution is 6.12. The summed E-state index contributed by atoms with van der Waals surface area (Å²) in [6, 6.07) is 21.5. The van der Waals surface area contributed by atoms with Crippen molar-refractivity contribution in [1.29, 1.82) is 0 Å². The van der Waals surface area contributed by atoms with Gasteiger partial charge in [-0.3, -0.25) is 4.79 Å². The molecule has 0 saturated heterocycles. The first-order valence-electron chi connectivity index (χ1n) is 10.9. The lowest BCUT2D eigenvalue weighted by molar-refractivity contribution is -0.151. The molecule has 6 nitrogen and oxygen atoms in total. The molecule has 3 aromatic rings. The Bertz CT molecular complexity index is 1240. The van der Waals surface area contributed by atoms with Gasteiger partial charge < -0.3 is 18.9 Å². The molecule has 1 heterocycles. The Kier molecular flexibility index (Phi) is 7.08. The van der Waals surface area contributed by atoms with Gasteiger partial charge in [-0.15, -0.1) is 0 Å². The quantitative estimate of drug-likeness (QED) is 0.327. The van der Waals surface area contributed by atoms with E-state index in [-0.39, 0.29) is 18.1 Å². The van der Waals surface area contributed by atoms with E-state index in [1.54, 1.807) is 56.5 Å². The summed E-state index contributed by atoms with van der Waals surface area (Å²) in [6.07, 6.45) is 4.25. The number of fused-ring (bicyclic) bond motifs is 1. The number of carbonyl (C=O) groups excluding carboxylic acids is 2. The van der Waals surface area contributed by atoms with E-state index in [0.717, 1.165) is 11.3 Å². The number of ether oxygens (including phenoxy) is 4. The fourth-order valence-corrected chi connectivity index (χ4v) is 3.53. The largest absolute Gasteiger partial charge is 0.496 e. The molecule has 1 aliphatic heterocycles. The van der Waals surface area contributed by atoms with Crippen LogP contribution in [-0.2, 0) is 9.53 Å². The fraction of sp³-hybridized carbons (Fsp3) is 0.143. The summed E-state index contributed by atoms with van der Waals surface area (Å²) in [7, 11) is 1.61. The van der Waals surface area contributed by atoms with E-state index in [9.17, 15) is 9.59 Å². The molecule has 0 bridgehead atoms. The lowest BCUT2D eigenvalue weighted by atomic mass is 10.1. The van der Waals surface area contributed by atoms with Crippen LogP contribution in [0.4, 0.5) is 0 Å². The van der Waals surface area contributed by atoms with E-state index in [1.165, 1.54) is 0 Å². The third kappa shape index (κ3) is 5.02. The number of Topliss-reactive ketones (excluding diaryl/α,β-unsaturated/α-hetero) is 1. The minimum atomic E-state index is -0.935. The van der Waals surface area contributed by atoms with Crippen LogP contribution in [0, 0.1) is 0 Å². The highest BCUT2D eigenvalue weighted by Crippen LogP contribution is 2.36. The lowest BCUT2D eigenvalue weighted by Crippen LogP contribution is -2.21. The van der Waals surface area contributed by atoms with Gasteiger partial charge in [-0.2, -0.15) is 0 Å². The van der Waals surface area contributed by atoms with Crippen LogP contribution in [0.1, 0.15) is 34.5 Å². The van der Waals surface area contributed by atoms with Crippen molar-refractivity contribution < 1.29 is 28.5 Å². The molecule has 0 aromatic heterocycles. The Balaban J connectivity index is 1.53. The summed E-state index contributed by atoms with van der Waals surface area (Å²) < 4.78 is 22.3. The summed E-state index contributed by atoms with van der Waals surface area (Å²) in [5, 5.41) is 0. The molecule has 34 heavy (non-hydrogen) atoms. The van der Waals surface area contributed by atoms with Crippen LogP contribution < -0.4 is 14.2 Å². The number of hydrogen-bond acceptors (Lipinski definition) is 6. The van der Waals surface area contributed by atoms with Crippen LogP contribution in [-0.4, -0.2) is 25.5 Å². The zero-order chi connectivity index (χ0) is 23.9. The maximum Gasteiger partial charge on any atom is 0.352 e. The molecule has 0 fully saturated rings. The standard InChI is InChI=1S/C28H24O6/c1-3-32-28(30)27(20-11-5-4-6-12-20)33-21-16-17-22-25(18-21)34-24(26(22)29)15-9-13-19-10-7-8-14-23(19)31-2/h4-18,27H,3H2,1-2H3/b13-9+,24-15-/t27-/m0/s1. The third-order valence-corrected chi connectivity index (χ3v) is 5.16. The van der Waals surface area contributed by atoms with Gasteiger partial charge in [0.05, 0.1) is 19.3 Å². The SMILES string of the molecule is CCOC(=O)[C@@H](Oc1ccc2c(c1)O/C(=C\C=C\c1ccccc1OC)C2=O)c1ccccc1. The van der Waals surface area contributed by atoms with Crippen molar-refractivity contribution in [1.82, 2.24) is 0 Å². The highest BCUT2D eigenvalue weighted by atomic mass is 16.6. The molecule has 0 spiro atoms. The average molecular weight is 456 g/mol. The third-order valence-electron chi connectivity index (χ3n) is 5.16. The number of methoxy groups -OCH3 is 1. The predicted octanol–water partition coefficient (Wildman–Crippen LogP) is 5.55. The van der Waals surface area contributed by atoms with Crippen LogP contribution in [0.25, 0.3) is 6.08 Å². The van der Waals surface area contributed by atoms with Crippen LogP contribution in [0.5, 0.6) is 17.2 Å². The van der Waals surface area contributed by atoms with E-state index in [4.69, 9.17) is 18.9 Å². The minimum Gasteiger partial charge on any atom is -0.496 e. The monoisotopic (exact) mass is 456 g/mol. The van der Waals surface area contributed by atoms with Gasteiger partial charge in [0.1, 0.15) is 17.2 Å². The highest BCUT2D eigenvalue weighted by Gasteiger charge is 2.29. The molecule has 0 unspecified atom stereocenters. The van der Waals surface area contributed by atoms with Gasteiger partial charge in [0.2, 0.25) is 11.9 Å². The number of rotatable bonds is 8. The maximum atomic E-state index is 12.7. The molecular formula is C28H24O6. The second-order valence-electron chi connectivity index (χ2n) is 7.38. The van der Waals surface area contributed by atoms with Gasteiger partial charge >= 0.3 is 5.97 Å². The Morgan fingerprint density at radius 2 is 1.79 bits per heavy atom. The van der Waals surface area contributed by atoms with E-state index in [2.05, 4.69) is 0 Å². The predicted molar refractivity (Wildman–Crippen MR) is 128 cm³/mol. The van der Waals surface area contributed by atoms with Crippen molar-refractivity contribution in [3.63, 3.8) is 0 Å². The molecule has 1 atom stereocenters. The zero-order valence-corrected chi connectivity index (χ0v) is 18.9. The number of para-hydroxylation sites is 1. The van der Waals surface area contributed by atoms with Crippen molar-refractivity contribution in [2.75, 3.05) is 13.7 Å². The number of benzene rings is 3. The molecule has 0 radical (unpaired) electrons. The van der Waals surface area contributed by atoms with Gasteiger partial charge in [0, 0.05) is 17.2 Å². The van der Waals surface area contributed by atoms with Gasteiger partial charge in [-0.05, 0) is 31.2 Å². The molecule has 0 N–H and O–H groups in total. The normalized spacial score (nSPS) is 14.5. The van der Waals surface area contributed by atoms with Crippen LogP contribution in [0.3, 0.4) is 0 Å². The molecule has 172 valence electrons. The maximum absolute atomic E-state index is 12.7. The molecule has 0 saturated carbocycles. The van der Waals surface area contributed by atoms with Crippen molar-refractivity contribution in [3.8, 4) is 17.2 Å². The molecule has 0 aliphatic carbocycles. The summed E-state index contributed by atoms with van der Waals surface area (Å²) in [6.45, 7) is 1.98. The Labute approximate surface area is 198 Å². The second-order valence-corrected chi connectivity index (χ2v) is 7.38. The molecule has 0 amide bonds. The fourth-order valence-electron chi connectivity index (χ4n) is 3.53. The van der Waals surface area contributed by atoms with Gasteiger partial charge in [-0.1, -0.05) is 60.7 Å². The second kappa shape index (κ2) is 10.5. The van der Waals surface area contributed by atoms with E-state index in [1.807, 2.05) is 48.5 Å². The van der Waals surface area contributed by atoms with Gasteiger partial charge in [0.25, 0.3) is 0 Å². The summed E-state index contributed by atoms with van der Waals surface area (Å²) in [5.74, 6) is 0.970. The Morgan fingerprint density at radius 3 is 2.56 bits per heavy atom. The zero-order valence-electron chi connectivity index (χ0n) is 18.9. The topological polar surface area (TPSA) is 71.1 Å². The number of allylic oxidation sites excluding steroid dienone is 3. The van der Waals surface area contributed by atoms with Crippen LogP contribution in [0.15, 0.2) is 90.7 Å². The molecule has 3 aromatic carbocycles. The number of esters is 1. The first-order chi connectivity index (χ1) is 16.6. The van der Waals surface area contributed by atoms with Crippen LogP contribution in [0.2, 0.25) is 0 Å². The first-order valence-corrected chi connectivity index (χ1v) is 10.9. The average Bonchev–Trinajstić information content (AvgIpc) is 3.18. The Morgan fingerprint density at radius 1 is 1.03 bits per heavy atom. The molecule has 6 heteroatoms. The van der Waals surface area contributed by atoms with Crippen LogP contribution >= 0.6 is 0 Å². The van der Waals surface area contributed by atoms with Gasteiger partial charge in [0.15, 0.2) is 5.76 Å². The van der Waals surface area contributed by atoms with Crippen molar-refractivity contribution in [3.05, 3.63) is 107 Å². The first kappa shape index (κ1) is 22.9. The Hall–Kier alpha value is -4.32. The minimum absolute atomic E-state index is 0.198. The van der Waals surface area contributed by atoms with E-state index in [0.29, 0.717) is 22.6 Å². The summed E-state index contributed by atoms with van der Waals surface area (Å²) >= 11 is 0. The molecule has 1 aliphatic rings. The van der Waals surface area contributed by atoms with Crippen molar-refractivity contribution in [2.24, 2.45) is 0 Å². The smallest absolute Gasteiger partial charge is 0.352 e. The summed E-state index contributed by atoms with van der Waals surface area (Å²) in [4.78, 5) is 25.3.